The van der Waals surface area contributed by atoms with Crippen LogP contribution in [0.4, 0.5) is 0 Å². The third kappa shape index (κ3) is 7.11. The van der Waals surface area contributed by atoms with Crippen LogP contribution in [0.15, 0.2) is 30.3 Å². The van der Waals surface area contributed by atoms with Gasteiger partial charge in [0, 0.05) is 12.8 Å². The number of esters is 1. The maximum absolute atomic E-state index is 12.0. The fourth-order valence-electron chi connectivity index (χ4n) is 3.20. The Bertz CT molecular complexity index is 413. The van der Waals surface area contributed by atoms with Crippen LogP contribution in [0, 0.1) is 0 Å². The van der Waals surface area contributed by atoms with Gasteiger partial charge in [0.25, 0.3) is 0 Å². The molecule has 1 fully saturated rings. The standard InChI is InChI=1S/C20H30O2/c21-20-16-12-7-5-3-1-2-4-6-11-15-19(22-20)17-18-13-9-8-10-14-18/h8-10,13-14,19H,1-7,11-12,15-17H2. The minimum absolute atomic E-state index is 0.00186. The first kappa shape index (κ1) is 17.1. The number of cyclic esters (lactones) is 1. The molecule has 0 aliphatic carbocycles. The fourth-order valence-corrected chi connectivity index (χ4v) is 3.20. The third-order valence-corrected chi connectivity index (χ3v) is 4.51. The molecule has 1 atom stereocenters. The van der Waals surface area contributed by atoms with Crippen LogP contribution >= 0.6 is 0 Å². The summed E-state index contributed by atoms with van der Waals surface area (Å²) in [6.07, 6.45) is 13.7. The van der Waals surface area contributed by atoms with Gasteiger partial charge in [0.1, 0.15) is 6.10 Å². The highest BCUT2D eigenvalue weighted by atomic mass is 16.5. The highest BCUT2D eigenvalue weighted by Crippen LogP contribution is 2.17. The molecule has 1 aliphatic heterocycles. The molecule has 0 radical (unpaired) electrons. The summed E-state index contributed by atoms with van der Waals surface area (Å²) in [5, 5.41) is 0. The summed E-state index contributed by atoms with van der Waals surface area (Å²) in [5.41, 5.74) is 1.27. The van der Waals surface area contributed by atoms with E-state index in [0.717, 1.165) is 19.3 Å². The van der Waals surface area contributed by atoms with Crippen molar-refractivity contribution in [2.24, 2.45) is 0 Å². The summed E-state index contributed by atoms with van der Waals surface area (Å²) in [6.45, 7) is 0. The molecule has 2 rings (SSSR count). The van der Waals surface area contributed by atoms with Gasteiger partial charge in [-0.05, 0) is 24.8 Å². The Morgan fingerprint density at radius 3 is 2.09 bits per heavy atom. The number of hydrogen-bond donors (Lipinski definition) is 0. The maximum Gasteiger partial charge on any atom is 0.306 e. The number of carbonyl (C=O) groups is 1. The lowest BCUT2D eigenvalue weighted by atomic mass is 10.0. The average molecular weight is 302 g/mol. The van der Waals surface area contributed by atoms with E-state index >= 15 is 0 Å². The second kappa shape index (κ2) is 10.4. The zero-order chi connectivity index (χ0) is 15.5. The molecular weight excluding hydrogens is 272 g/mol. The van der Waals surface area contributed by atoms with Gasteiger partial charge < -0.3 is 4.74 Å². The molecule has 0 aromatic heterocycles. The molecule has 2 nitrogen and oxygen atoms in total. The lowest BCUT2D eigenvalue weighted by Gasteiger charge is -2.18. The first-order valence-corrected chi connectivity index (χ1v) is 9.08. The highest BCUT2D eigenvalue weighted by molar-refractivity contribution is 5.69. The summed E-state index contributed by atoms with van der Waals surface area (Å²) < 4.78 is 5.76. The van der Waals surface area contributed by atoms with Gasteiger partial charge in [-0.15, -0.1) is 0 Å². The van der Waals surface area contributed by atoms with Crippen molar-refractivity contribution in [3.63, 3.8) is 0 Å². The molecule has 22 heavy (non-hydrogen) atoms. The van der Waals surface area contributed by atoms with Crippen molar-refractivity contribution in [2.45, 2.75) is 83.2 Å². The average Bonchev–Trinajstić information content (AvgIpc) is 2.53. The fraction of sp³-hybridized carbons (Fsp3) is 0.650. The van der Waals surface area contributed by atoms with E-state index in [-0.39, 0.29) is 12.1 Å². The van der Waals surface area contributed by atoms with E-state index in [9.17, 15) is 4.79 Å². The summed E-state index contributed by atoms with van der Waals surface area (Å²) in [4.78, 5) is 12.0. The molecule has 0 N–H and O–H groups in total. The van der Waals surface area contributed by atoms with Crippen molar-refractivity contribution in [1.82, 2.24) is 0 Å². The van der Waals surface area contributed by atoms with Crippen LogP contribution in [-0.4, -0.2) is 12.1 Å². The highest BCUT2D eigenvalue weighted by Gasteiger charge is 2.15. The molecule has 122 valence electrons. The van der Waals surface area contributed by atoms with Gasteiger partial charge in [-0.3, -0.25) is 4.79 Å². The van der Waals surface area contributed by atoms with Crippen molar-refractivity contribution in [1.29, 1.82) is 0 Å². The second-order valence-corrected chi connectivity index (χ2v) is 6.52. The van der Waals surface area contributed by atoms with Crippen LogP contribution in [0.5, 0.6) is 0 Å². The van der Waals surface area contributed by atoms with E-state index in [1.54, 1.807) is 0 Å². The summed E-state index contributed by atoms with van der Waals surface area (Å²) in [5.74, 6) is -0.00186. The van der Waals surface area contributed by atoms with Crippen LogP contribution in [0.25, 0.3) is 0 Å². The van der Waals surface area contributed by atoms with Gasteiger partial charge >= 0.3 is 5.97 Å². The largest absolute Gasteiger partial charge is 0.462 e. The van der Waals surface area contributed by atoms with Crippen molar-refractivity contribution >= 4 is 5.97 Å². The minimum Gasteiger partial charge on any atom is -0.462 e. The topological polar surface area (TPSA) is 26.3 Å². The zero-order valence-corrected chi connectivity index (χ0v) is 13.8. The van der Waals surface area contributed by atoms with Gasteiger partial charge in [0.05, 0.1) is 0 Å². The molecule has 0 saturated carbocycles. The van der Waals surface area contributed by atoms with Crippen molar-refractivity contribution < 1.29 is 9.53 Å². The van der Waals surface area contributed by atoms with Gasteiger partial charge in [-0.25, -0.2) is 0 Å². The van der Waals surface area contributed by atoms with E-state index in [0.29, 0.717) is 6.42 Å². The zero-order valence-electron chi connectivity index (χ0n) is 13.8. The monoisotopic (exact) mass is 302 g/mol. The number of hydrogen-bond acceptors (Lipinski definition) is 2. The third-order valence-electron chi connectivity index (χ3n) is 4.51. The second-order valence-electron chi connectivity index (χ2n) is 6.52. The number of ether oxygens (including phenoxy) is 1. The minimum atomic E-state index is -0.00186. The molecule has 0 spiro atoms. The Balaban J connectivity index is 1.87. The smallest absolute Gasteiger partial charge is 0.306 e. The van der Waals surface area contributed by atoms with Gasteiger partial charge in [-0.2, -0.15) is 0 Å². The first-order valence-electron chi connectivity index (χ1n) is 9.08. The summed E-state index contributed by atoms with van der Waals surface area (Å²) in [6, 6.07) is 10.4. The Labute approximate surface area is 135 Å². The molecular formula is C20H30O2. The SMILES string of the molecule is O=C1CCCCCCCCCCCC(Cc2ccccc2)O1. The van der Waals surface area contributed by atoms with Crippen molar-refractivity contribution in [3.8, 4) is 0 Å². The Kier molecular flexibility index (Phi) is 8.08. The van der Waals surface area contributed by atoms with E-state index in [1.807, 2.05) is 6.07 Å². The van der Waals surface area contributed by atoms with Gasteiger partial charge in [0.15, 0.2) is 0 Å². The molecule has 0 amide bonds. The molecule has 2 heteroatoms. The molecule has 0 bridgehead atoms. The van der Waals surface area contributed by atoms with Gasteiger partial charge in [0.2, 0.25) is 0 Å². The Hall–Kier alpha value is -1.31. The molecule has 1 aromatic rings. The number of carbonyl (C=O) groups excluding carboxylic acids is 1. The van der Waals surface area contributed by atoms with Crippen LogP contribution < -0.4 is 0 Å². The summed E-state index contributed by atoms with van der Waals surface area (Å²) in [7, 11) is 0. The van der Waals surface area contributed by atoms with E-state index in [1.165, 1.54) is 56.9 Å². The Morgan fingerprint density at radius 2 is 1.41 bits per heavy atom. The molecule has 1 aromatic carbocycles. The van der Waals surface area contributed by atoms with Crippen LogP contribution in [0.3, 0.4) is 0 Å². The lowest BCUT2D eigenvalue weighted by Crippen LogP contribution is -2.21. The van der Waals surface area contributed by atoms with Crippen LogP contribution in [0.1, 0.15) is 76.2 Å². The number of benzene rings is 1. The van der Waals surface area contributed by atoms with E-state index in [2.05, 4.69) is 24.3 Å². The van der Waals surface area contributed by atoms with Gasteiger partial charge in [-0.1, -0.05) is 75.3 Å². The maximum atomic E-state index is 12.0. The van der Waals surface area contributed by atoms with Crippen LogP contribution in [0.2, 0.25) is 0 Å². The molecule has 1 saturated heterocycles. The van der Waals surface area contributed by atoms with Crippen molar-refractivity contribution in [3.05, 3.63) is 35.9 Å². The van der Waals surface area contributed by atoms with Crippen molar-refractivity contribution in [2.75, 3.05) is 0 Å². The molecule has 1 unspecified atom stereocenters. The lowest BCUT2D eigenvalue weighted by molar-refractivity contribution is -0.149. The van der Waals surface area contributed by atoms with E-state index in [4.69, 9.17) is 4.74 Å². The first-order chi connectivity index (χ1) is 10.8. The number of rotatable bonds is 2. The van der Waals surface area contributed by atoms with E-state index < -0.39 is 0 Å². The normalized spacial score (nSPS) is 22.5. The molecule has 1 aliphatic rings. The Morgan fingerprint density at radius 1 is 0.818 bits per heavy atom. The predicted octanol–water partition coefficient (Wildman–Crippen LogP) is 5.45. The van der Waals surface area contributed by atoms with Crippen LogP contribution in [-0.2, 0) is 16.0 Å². The summed E-state index contributed by atoms with van der Waals surface area (Å²) >= 11 is 0. The quantitative estimate of drug-likeness (QED) is 0.679. The molecule has 1 heterocycles. The predicted molar refractivity (Wildman–Crippen MR) is 90.8 cm³/mol.